The minimum absolute atomic E-state index is 0.303. The molecule has 102 valence electrons. The molecule has 1 atom stereocenters. The van der Waals surface area contributed by atoms with E-state index in [0.717, 1.165) is 12.8 Å². The molecule has 0 aliphatic heterocycles. The van der Waals surface area contributed by atoms with Gasteiger partial charge < -0.3 is 4.74 Å². The summed E-state index contributed by atoms with van der Waals surface area (Å²) < 4.78 is 5.22. The molecule has 18 heavy (non-hydrogen) atoms. The van der Waals surface area contributed by atoms with Crippen molar-refractivity contribution in [3.8, 4) is 0 Å². The maximum absolute atomic E-state index is 12.5. The van der Waals surface area contributed by atoms with Crippen LogP contribution in [0.25, 0.3) is 0 Å². The zero-order valence-corrected chi connectivity index (χ0v) is 11.9. The Kier molecular flexibility index (Phi) is 6.34. The molecule has 0 amide bonds. The first-order valence-electron chi connectivity index (χ1n) is 7.07. The van der Waals surface area contributed by atoms with E-state index in [4.69, 9.17) is 4.74 Å². The van der Waals surface area contributed by atoms with E-state index in [0.29, 0.717) is 24.7 Å². The molecular formula is C16H26O2. The zero-order valence-electron chi connectivity index (χ0n) is 11.9. The second-order valence-electron chi connectivity index (χ2n) is 5.24. The molecule has 1 rings (SSSR count). The van der Waals surface area contributed by atoms with Crippen molar-refractivity contribution in [3.63, 3.8) is 0 Å². The van der Waals surface area contributed by atoms with Crippen LogP contribution < -0.4 is 0 Å². The first-order valence-corrected chi connectivity index (χ1v) is 7.07. The van der Waals surface area contributed by atoms with E-state index in [2.05, 4.69) is 13.8 Å². The summed E-state index contributed by atoms with van der Waals surface area (Å²) in [6, 6.07) is 0. The van der Waals surface area contributed by atoms with E-state index in [-0.39, 0.29) is 0 Å². The molecule has 0 radical (unpaired) electrons. The summed E-state index contributed by atoms with van der Waals surface area (Å²) >= 11 is 0. The summed E-state index contributed by atoms with van der Waals surface area (Å²) in [6.07, 6.45) is 13.2. The number of carbonyl (C=O) groups is 1. The predicted molar refractivity (Wildman–Crippen MR) is 75.5 cm³/mol. The molecule has 2 heteroatoms. The Morgan fingerprint density at radius 3 is 2.44 bits per heavy atom. The minimum Gasteiger partial charge on any atom is -0.383 e. The molecule has 0 spiro atoms. The molecular weight excluding hydrogens is 224 g/mol. The van der Waals surface area contributed by atoms with Crippen molar-refractivity contribution in [2.24, 2.45) is 11.3 Å². The smallest absolute Gasteiger partial charge is 0.149 e. The number of carbonyl (C=O) groups excluding carboxylic acids is 1. The summed E-state index contributed by atoms with van der Waals surface area (Å²) in [5.41, 5.74) is -0.492. The van der Waals surface area contributed by atoms with E-state index >= 15 is 0 Å². The van der Waals surface area contributed by atoms with Crippen LogP contribution in [-0.2, 0) is 9.53 Å². The lowest BCUT2D eigenvalue weighted by molar-refractivity contribution is -0.127. The van der Waals surface area contributed by atoms with Crippen LogP contribution in [0, 0.1) is 11.3 Å². The van der Waals surface area contributed by atoms with Crippen molar-refractivity contribution in [3.05, 3.63) is 24.3 Å². The van der Waals surface area contributed by atoms with E-state index in [9.17, 15) is 4.79 Å². The summed E-state index contributed by atoms with van der Waals surface area (Å²) in [5.74, 6) is 0.825. The van der Waals surface area contributed by atoms with Crippen LogP contribution in [0.5, 0.6) is 0 Å². The van der Waals surface area contributed by atoms with Crippen molar-refractivity contribution in [2.45, 2.75) is 46.0 Å². The second kappa shape index (κ2) is 7.52. The maximum atomic E-state index is 12.5. The highest BCUT2D eigenvalue weighted by Gasteiger charge is 2.35. The van der Waals surface area contributed by atoms with Crippen LogP contribution in [0.15, 0.2) is 24.3 Å². The number of hydrogen-bond acceptors (Lipinski definition) is 2. The van der Waals surface area contributed by atoms with Crippen LogP contribution >= 0.6 is 0 Å². The van der Waals surface area contributed by atoms with Crippen molar-refractivity contribution in [1.29, 1.82) is 0 Å². The molecule has 0 saturated heterocycles. The van der Waals surface area contributed by atoms with E-state index < -0.39 is 5.41 Å². The fourth-order valence-electron chi connectivity index (χ4n) is 2.51. The SMILES string of the molecule is CCCCC(CC)CC(=O)C1(COC)C=CC=C1. The number of ether oxygens (including phenoxy) is 1. The van der Waals surface area contributed by atoms with Crippen molar-refractivity contribution in [1.82, 2.24) is 0 Å². The summed E-state index contributed by atoms with van der Waals surface area (Å²) in [6.45, 7) is 4.84. The van der Waals surface area contributed by atoms with Gasteiger partial charge in [0.2, 0.25) is 0 Å². The highest BCUT2D eigenvalue weighted by atomic mass is 16.5. The Morgan fingerprint density at radius 2 is 1.94 bits per heavy atom. The van der Waals surface area contributed by atoms with Crippen LogP contribution in [0.3, 0.4) is 0 Å². The first kappa shape index (κ1) is 15.2. The fourth-order valence-corrected chi connectivity index (χ4v) is 2.51. The normalized spacial score (nSPS) is 18.2. The highest BCUT2D eigenvalue weighted by Crippen LogP contribution is 2.32. The highest BCUT2D eigenvalue weighted by molar-refractivity contribution is 5.90. The van der Waals surface area contributed by atoms with Crippen molar-refractivity contribution in [2.75, 3.05) is 13.7 Å². The Hall–Kier alpha value is -0.890. The van der Waals surface area contributed by atoms with E-state index in [1.165, 1.54) is 12.8 Å². The summed E-state index contributed by atoms with van der Waals surface area (Å²) in [7, 11) is 1.66. The lowest BCUT2D eigenvalue weighted by Gasteiger charge is -2.25. The van der Waals surface area contributed by atoms with Gasteiger partial charge in [-0.15, -0.1) is 0 Å². The van der Waals surface area contributed by atoms with Gasteiger partial charge in [-0.25, -0.2) is 0 Å². The van der Waals surface area contributed by atoms with Gasteiger partial charge in [0.1, 0.15) is 5.78 Å². The van der Waals surface area contributed by atoms with E-state index in [1.54, 1.807) is 7.11 Å². The molecule has 1 aliphatic carbocycles. The first-order chi connectivity index (χ1) is 8.68. The third kappa shape index (κ3) is 3.81. The van der Waals surface area contributed by atoms with E-state index in [1.807, 2.05) is 24.3 Å². The number of Topliss-reactive ketones (excluding diaryl/α,β-unsaturated/α-hetero) is 1. The van der Waals surface area contributed by atoms with Gasteiger partial charge in [-0.1, -0.05) is 63.8 Å². The molecule has 2 nitrogen and oxygen atoms in total. The third-order valence-electron chi connectivity index (χ3n) is 3.82. The number of rotatable bonds is 9. The molecule has 0 aromatic heterocycles. The molecule has 0 saturated carbocycles. The van der Waals surface area contributed by atoms with Gasteiger partial charge in [0.25, 0.3) is 0 Å². The number of methoxy groups -OCH3 is 1. The predicted octanol–water partition coefficient (Wildman–Crippen LogP) is 3.92. The van der Waals surface area contributed by atoms with Crippen LogP contribution in [0.4, 0.5) is 0 Å². The molecule has 1 aliphatic rings. The van der Waals surface area contributed by atoms with Crippen molar-refractivity contribution >= 4 is 5.78 Å². The average molecular weight is 250 g/mol. The topological polar surface area (TPSA) is 26.3 Å². The van der Waals surface area contributed by atoms with Gasteiger partial charge in [-0.2, -0.15) is 0 Å². The van der Waals surface area contributed by atoms with Gasteiger partial charge in [0.15, 0.2) is 0 Å². The molecule has 0 aromatic carbocycles. The van der Waals surface area contributed by atoms with Crippen molar-refractivity contribution < 1.29 is 9.53 Å². The average Bonchev–Trinajstić information content (AvgIpc) is 2.84. The number of ketones is 1. The molecule has 0 aromatic rings. The Balaban J connectivity index is 2.61. The molecule has 0 bridgehead atoms. The van der Waals surface area contributed by atoms with Gasteiger partial charge in [-0.3, -0.25) is 4.79 Å². The van der Waals surface area contributed by atoms with Crippen LogP contribution in [-0.4, -0.2) is 19.5 Å². The largest absolute Gasteiger partial charge is 0.383 e. The quantitative estimate of drug-likeness (QED) is 0.620. The van der Waals surface area contributed by atoms with Gasteiger partial charge >= 0.3 is 0 Å². The number of allylic oxidation sites excluding steroid dienone is 2. The third-order valence-corrected chi connectivity index (χ3v) is 3.82. The summed E-state index contributed by atoms with van der Waals surface area (Å²) in [4.78, 5) is 12.5. The molecule has 0 heterocycles. The summed E-state index contributed by atoms with van der Waals surface area (Å²) in [5, 5.41) is 0. The number of unbranched alkanes of at least 4 members (excludes halogenated alkanes) is 1. The van der Waals surface area contributed by atoms with Gasteiger partial charge in [-0.05, 0) is 5.92 Å². The molecule has 1 unspecified atom stereocenters. The monoisotopic (exact) mass is 250 g/mol. The minimum atomic E-state index is -0.492. The lowest BCUT2D eigenvalue weighted by Crippen LogP contribution is -2.32. The second-order valence-corrected chi connectivity index (χ2v) is 5.24. The fraction of sp³-hybridized carbons (Fsp3) is 0.688. The standard InChI is InChI=1S/C16H26O2/c1-4-6-9-14(5-2)12-15(17)16(13-18-3)10-7-8-11-16/h7-8,10-11,14H,4-6,9,12-13H2,1-3H3. The molecule has 0 fully saturated rings. The van der Waals surface area contributed by atoms with Crippen LogP contribution in [0.2, 0.25) is 0 Å². The Morgan fingerprint density at radius 1 is 1.28 bits per heavy atom. The Labute approximate surface area is 111 Å². The zero-order chi connectivity index (χ0) is 13.4. The lowest BCUT2D eigenvalue weighted by atomic mass is 9.80. The molecule has 0 N–H and O–H groups in total. The Bertz CT molecular complexity index is 303. The number of hydrogen-bond donors (Lipinski definition) is 0. The van der Waals surface area contributed by atoms with Gasteiger partial charge in [0.05, 0.1) is 12.0 Å². The van der Waals surface area contributed by atoms with Gasteiger partial charge in [0, 0.05) is 13.5 Å². The van der Waals surface area contributed by atoms with Crippen LogP contribution in [0.1, 0.15) is 46.0 Å². The maximum Gasteiger partial charge on any atom is 0.149 e.